The highest BCUT2D eigenvalue weighted by atomic mass is 35.5. The summed E-state index contributed by atoms with van der Waals surface area (Å²) >= 11 is 5.98. The Labute approximate surface area is 134 Å². The minimum atomic E-state index is -0.385. The Morgan fingerprint density at radius 2 is 1.95 bits per heavy atom. The molecule has 0 radical (unpaired) electrons. The molecule has 2 rings (SSSR count). The summed E-state index contributed by atoms with van der Waals surface area (Å²) in [6, 6.07) is 12.0. The molecule has 0 aromatic heterocycles. The number of benzene rings is 2. The van der Waals surface area contributed by atoms with E-state index in [2.05, 4.69) is 10.5 Å². The molecule has 2 aromatic rings. The molecule has 0 fully saturated rings. The molecule has 1 amide bonds. The number of carbonyl (C=O) groups excluding carboxylic acids is 1. The molecule has 0 unspecified atom stereocenters. The molecule has 0 atom stereocenters. The smallest absolute Gasteiger partial charge is 0.272 e. The molecule has 0 spiro atoms. The fourth-order valence-corrected chi connectivity index (χ4v) is 2.26. The second-order valence-electron chi connectivity index (χ2n) is 4.85. The van der Waals surface area contributed by atoms with E-state index in [9.17, 15) is 9.90 Å². The van der Waals surface area contributed by atoms with Gasteiger partial charge in [0.1, 0.15) is 5.75 Å². The number of aryl methyl sites for hydroxylation is 1. The van der Waals surface area contributed by atoms with Crippen molar-refractivity contribution in [2.75, 3.05) is 0 Å². The monoisotopic (exact) mass is 316 g/mol. The van der Waals surface area contributed by atoms with Crippen molar-refractivity contribution in [1.82, 2.24) is 5.43 Å². The normalized spacial score (nSPS) is 11.3. The van der Waals surface area contributed by atoms with Crippen LogP contribution < -0.4 is 5.43 Å². The van der Waals surface area contributed by atoms with Gasteiger partial charge in [0.05, 0.1) is 16.3 Å². The standard InChI is InChI=1S/C17H17ClN2O2/c1-3-15(13-10-11(2)8-9-16(13)21)19-20-17(22)12-6-4-5-7-14(12)18/h4-10,21H,3H2,1-2H3,(H,20,22)/b19-15+. The van der Waals surface area contributed by atoms with Crippen molar-refractivity contribution in [2.24, 2.45) is 5.10 Å². The quantitative estimate of drug-likeness (QED) is 0.664. The predicted molar refractivity (Wildman–Crippen MR) is 88.6 cm³/mol. The molecule has 0 bridgehead atoms. The number of phenols is 1. The maximum atomic E-state index is 12.1. The number of rotatable bonds is 4. The molecule has 2 N–H and O–H groups in total. The zero-order valence-corrected chi connectivity index (χ0v) is 13.2. The fraction of sp³-hybridized carbons (Fsp3) is 0.176. The van der Waals surface area contributed by atoms with Gasteiger partial charge >= 0.3 is 0 Å². The number of nitrogens with zero attached hydrogens (tertiary/aromatic N) is 1. The lowest BCUT2D eigenvalue weighted by molar-refractivity contribution is 0.0955. The summed E-state index contributed by atoms with van der Waals surface area (Å²) in [5.74, 6) is -0.248. The van der Waals surface area contributed by atoms with Crippen LogP contribution in [-0.2, 0) is 0 Å². The number of hydrazone groups is 1. The number of hydrogen-bond acceptors (Lipinski definition) is 3. The zero-order valence-electron chi connectivity index (χ0n) is 12.4. The topological polar surface area (TPSA) is 61.7 Å². The lowest BCUT2D eigenvalue weighted by atomic mass is 10.0. The van der Waals surface area contributed by atoms with Gasteiger partial charge in [0.25, 0.3) is 5.91 Å². The maximum absolute atomic E-state index is 12.1. The van der Waals surface area contributed by atoms with Crippen molar-refractivity contribution >= 4 is 23.2 Å². The number of carbonyl (C=O) groups is 1. The first-order chi connectivity index (χ1) is 10.5. The van der Waals surface area contributed by atoms with E-state index in [1.165, 1.54) is 0 Å². The van der Waals surface area contributed by atoms with Crippen LogP contribution in [0.2, 0.25) is 5.02 Å². The van der Waals surface area contributed by atoms with Gasteiger partial charge in [-0.05, 0) is 37.6 Å². The van der Waals surface area contributed by atoms with Gasteiger partial charge in [-0.1, -0.05) is 42.3 Å². The number of halogens is 1. The van der Waals surface area contributed by atoms with E-state index in [4.69, 9.17) is 11.6 Å². The SMILES string of the molecule is CC/C(=N\NC(=O)c1ccccc1Cl)c1cc(C)ccc1O. The molecule has 0 saturated heterocycles. The average molecular weight is 317 g/mol. The molecule has 0 heterocycles. The number of nitrogens with one attached hydrogen (secondary N) is 1. The van der Waals surface area contributed by atoms with Gasteiger partial charge in [-0.2, -0.15) is 5.10 Å². The average Bonchev–Trinajstić information content (AvgIpc) is 2.51. The molecule has 114 valence electrons. The summed E-state index contributed by atoms with van der Waals surface area (Å²) in [4.78, 5) is 12.1. The third-order valence-electron chi connectivity index (χ3n) is 3.21. The Bertz CT molecular complexity index is 726. The van der Waals surface area contributed by atoms with E-state index in [1.54, 1.807) is 30.3 Å². The van der Waals surface area contributed by atoms with Crippen molar-refractivity contribution in [3.05, 3.63) is 64.2 Å². The number of hydrogen-bond donors (Lipinski definition) is 2. The highest BCUT2D eigenvalue weighted by Gasteiger charge is 2.11. The van der Waals surface area contributed by atoms with Gasteiger partial charge in [0, 0.05) is 5.56 Å². The van der Waals surface area contributed by atoms with Crippen LogP contribution in [0.4, 0.5) is 0 Å². The van der Waals surface area contributed by atoms with Crippen molar-refractivity contribution in [2.45, 2.75) is 20.3 Å². The number of aromatic hydroxyl groups is 1. The first-order valence-electron chi connectivity index (χ1n) is 6.94. The summed E-state index contributed by atoms with van der Waals surface area (Å²) < 4.78 is 0. The van der Waals surface area contributed by atoms with Crippen LogP contribution in [0.15, 0.2) is 47.6 Å². The molecule has 0 saturated carbocycles. The van der Waals surface area contributed by atoms with Gasteiger partial charge in [-0.3, -0.25) is 4.79 Å². The van der Waals surface area contributed by atoms with Crippen molar-refractivity contribution < 1.29 is 9.90 Å². The Morgan fingerprint density at radius 1 is 1.23 bits per heavy atom. The molecule has 5 heteroatoms. The third-order valence-corrected chi connectivity index (χ3v) is 3.54. The first-order valence-corrected chi connectivity index (χ1v) is 7.32. The Kier molecular flexibility index (Phi) is 5.17. The molecule has 4 nitrogen and oxygen atoms in total. The van der Waals surface area contributed by atoms with E-state index in [0.29, 0.717) is 28.3 Å². The lowest BCUT2D eigenvalue weighted by Gasteiger charge is -2.09. The van der Waals surface area contributed by atoms with Gasteiger partial charge in [0.15, 0.2) is 0 Å². The molecule has 22 heavy (non-hydrogen) atoms. The minimum Gasteiger partial charge on any atom is -0.507 e. The third kappa shape index (κ3) is 3.65. The van der Waals surface area contributed by atoms with Gasteiger partial charge in [-0.15, -0.1) is 0 Å². The van der Waals surface area contributed by atoms with Gasteiger partial charge < -0.3 is 5.11 Å². The molecular weight excluding hydrogens is 300 g/mol. The van der Waals surface area contributed by atoms with Crippen LogP contribution in [0.3, 0.4) is 0 Å². The molecule has 2 aromatic carbocycles. The molecular formula is C17H17ClN2O2. The van der Waals surface area contributed by atoms with Gasteiger partial charge in [0.2, 0.25) is 0 Å². The van der Waals surface area contributed by atoms with E-state index < -0.39 is 0 Å². The number of amides is 1. The van der Waals surface area contributed by atoms with Crippen molar-refractivity contribution in [3.8, 4) is 5.75 Å². The fourth-order valence-electron chi connectivity index (χ4n) is 2.03. The lowest BCUT2D eigenvalue weighted by Crippen LogP contribution is -2.20. The largest absolute Gasteiger partial charge is 0.507 e. The predicted octanol–water partition coefficient (Wildman–Crippen LogP) is 3.90. The molecule has 0 aliphatic carbocycles. The van der Waals surface area contributed by atoms with E-state index in [-0.39, 0.29) is 11.7 Å². The molecule has 0 aliphatic heterocycles. The van der Waals surface area contributed by atoms with E-state index in [1.807, 2.05) is 26.0 Å². The van der Waals surface area contributed by atoms with Crippen LogP contribution >= 0.6 is 11.6 Å². The summed E-state index contributed by atoms with van der Waals surface area (Å²) in [7, 11) is 0. The van der Waals surface area contributed by atoms with E-state index in [0.717, 1.165) is 5.56 Å². The summed E-state index contributed by atoms with van der Waals surface area (Å²) in [6.45, 7) is 3.83. The minimum absolute atomic E-state index is 0.137. The molecule has 0 aliphatic rings. The van der Waals surface area contributed by atoms with Gasteiger partial charge in [-0.25, -0.2) is 5.43 Å². The number of phenolic OH excluding ortho intramolecular Hbond substituents is 1. The zero-order chi connectivity index (χ0) is 16.1. The van der Waals surface area contributed by atoms with Crippen LogP contribution in [-0.4, -0.2) is 16.7 Å². The van der Waals surface area contributed by atoms with Crippen LogP contribution in [0.1, 0.15) is 34.8 Å². The second-order valence-corrected chi connectivity index (χ2v) is 5.26. The van der Waals surface area contributed by atoms with Crippen LogP contribution in [0, 0.1) is 6.92 Å². The Hall–Kier alpha value is -2.33. The summed E-state index contributed by atoms with van der Waals surface area (Å²) in [5, 5.41) is 14.4. The second kappa shape index (κ2) is 7.09. The van der Waals surface area contributed by atoms with Crippen molar-refractivity contribution in [3.63, 3.8) is 0 Å². The van der Waals surface area contributed by atoms with Crippen LogP contribution in [0.5, 0.6) is 5.75 Å². The highest BCUT2D eigenvalue weighted by Crippen LogP contribution is 2.20. The summed E-state index contributed by atoms with van der Waals surface area (Å²) in [5.41, 5.74) is 5.07. The van der Waals surface area contributed by atoms with E-state index >= 15 is 0 Å². The Morgan fingerprint density at radius 3 is 2.64 bits per heavy atom. The van der Waals surface area contributed by atoms with Crippen LogP contribution in [0.25, 0.3) is 0 Å². The maximum Gasteiger partial charge on any atom is 0.272 e. The summed E-state index contributed by atoms with van der Waals surface area (Å²) in [6.07, 6.45) is 0.569. The Balaban J connectivity index is 2.25. The highest BCUT2D eigenvalue weighted by molar-refractivity contribution is 6.33. The first kappa shape index (κ1) is 16.0. The van der Waals surface area contributed by atoms with Crippen molar-refractivity contribution in [1.29, 1.82) is 0 Å².